The molecular formula is C11H16FNO. The Morgan fingerprint density at radius 2 is 2.14 bits per heavy atom. The van der Waals surface area contributed by atoms with Crippen molar-refractivity contribution < 1.29 is 9.13 Å². The van der Waals surface area contributed by atoms with Gasteiger partial charge in [0.25, 0.3) is 0 Å². The van der Waals surface area contributed by atoms with E-state index in [9.17, 15) is 4.39 Å². The molecule has 1 aromatic rings. The standard InChI is InChI=1S/C11H16FNO/c1-4-9-10(12)5-8(7-13-2)6-11(9)14-3/h5-6,13H,4,7H2,1-3H3. The maximum Gasteiger partial charge on any atom is 0.130 e. The smallest absolute Gasteiger partial charge is 0.130 e. The lowest BCUT2D eigenvalue weighted by atomic mass is 10.1. The highest BCUT2D eigenvalue weighted by molar-refractivity contribution is 5.38. The molecule has 0 aliphatic carbocycles. The van der Waals surface area contributed by atoms with Crippen LogP contribution in [-0.2, 0) is 13.0 Å². The number of rotatable bonds is 4. The Labute approximate surface area is 84.1 Å². The molecule has 0 aliphatic rings. The van der Waals surface area contributed by atoms with Crippen molar-refractivity contribution in [2.75, 3.05) is 14.2 Å². The number of halogens is 1. The van der Waals surface area contributed by atoms with Gasteiger partial charge in [-0.1, -0.05) is 6.92 Å². The van der Waals surface area contributed by atoms with E-state index < -0.39 is 0 Å². The Kier molecular flexibility index (Phi) is 3.89. The quantitative estimate of drug-likeness (QED) is 0.798. The number of hydrogen-bond donors (Lipinski definition) is 1. The molecule has 0 amide bonds. The van der Waals surface area contributed by atoms with E-state index in [0.717, 1.165) is 5.56 Å². The minimum absolute atomic E-state index is 0.183. The largest absolute Gasteiger partial charge is 0.496 e. The SMILES string of the molecule is CCc1c(F)cc(CNC)cc1OC. The highest BCUT2D eigenvalue weighted by Gasteiger charge is 2.09. The van der Waals surface area contributed by atoms with E-state index in [-0.39, 0.29) is 5.82 Å². The average Bonchev–Trinajstić information content (AvgIpc) is 2.17. The molecule has 0 radical (unpaired) electrons. The maximum atomic E-state index is 13.5. The molecule has 1 aromatic carbocycles. The van der Waals surface area contributed by atoms with Crippen molar-refractivity contribution >= 4 is 0 Å². The molecule has 0 spiro atoms. The number of methoxy groups -OCH3 is 1. The van der Waals surface area contributed by atoms with E-state index in [4.69, 9.17) is 4.74 Å². The molecule has 0 unspecified atom stereocenters. The van der Waals surface area contributed by atoms with Crippen molar-refractivity contribution in [3.8, 4) is 5.75 Å². The molecule has 3 heteroatoms. The van der Waals surface area contributed by atoms with Gasteiger partial charge >= 0.3 is 0 Å². The Morgan fingerprint density at radius 1 is 1.43 bits per heavy atom. The summed E-state index contributed by atoms with van der Waals surface area (Å²) in [5.41, 5.74) is 1.55. The van der Waals surface area contributed by atoms with E-state index in [1.165, 1.54) is 0 Å². The summed E-state index contributed by atoms with van der Waals surface area (Å²) < 4.78 is 18.6. The topological polar surface area (TPSA) is 21.3 Å². The molecule has 14 heavy (non-hydrogen) atoms. The minimum atomic E-state index is -0.183. The molecule has 0 saturated heterocycles. The second-order valence-corrected chi connectivity index (χ2v) is 3.14. The van der Waals surface area contributed by atoms with Crippen LogP contribution in [0.5, 0.6) is 5.75 Å². The Balaban J connectivity index is 3.10. The Bertz CT molecular complexity index is 312. The summed E-state index contributed by atoms with van der Waals surface area (Å²) in [7, 11) is 3.40. The van der Waals surface area contributed by atoms with Gasteiger partial charge in [0, 0.05) is 12.1 Å². The third kappa shape index (κ3) is 2.23. The monoisotopic (exact) mass is 197 g/mol. The van der Waals surface area contributed by atoms with Gasteiger partial charge in [-0.05, 0) is 31.2 Å². The zero-order valence-electron chi connectivity index (χ0n) is 8.86. The lowest BCUT2D eigenvalue weighted by molar-refractivity contribution is 0.404. The molecule has 0 bridgehead atoms. The molecule has 1 N–H and O–H groups in total. The summed E-state index contributed by atoms with van der Waals surface area (Å²) in [5.74, 6) is 0.454. The van der Waals surface area contributed by atoms with Gasteiger partial charge in [0.05, 0.1) is 7.11 Å². The summed E-state index contributed by atoms with van der Waals surface area (Å²) in [4.78, 5) is 0. The summed E-state index contributed by atoms with van der Waals surface area (Å²) in [5, 5.41) is 2.98. The van der Waals surface area contributed by atoms with Crippen LogP contribution >= 0.6 is 0 Å². The number of benzene rings is 1. The maximum absolute atomic E-state index is 13.5. The van der Waals surface area contributed by atoms with Crippen molar-refractivity contribution in [2.24, 2.45) is 0 Å². The zero-order chi connectivity index (χ0) is 10.6. The predicted octanol–water partition coefficient (Wildman–Crippen LogP) is 2.12. The third-order valence-electron chi connectivity index (χ3n) is 2.17. The van der Waals surface area contributed by atoms with Gasteiger partial charge in [-0.25, -0.2) is 4.39 Å². The highest BCUT2D eigenvalue weighted by Crippen LogP contribution is 2.24. The van der Waals surface area contributed by atoms with Crippen LogP contribution in [-0.4, -0.2) is 14.2 Å². The first kappa shape index (κ1) is 11.0. The second-order valence-electron chi connectivity index (χ2n) is 3.14. The van der Waals surface area contributed by atoms with Crippen molar-refractivity contribution in [3.63, 3.8) is 0 Å². The van der Waals surface area contributed by atoms with E-state index >= 15 is 0 Å². The fourth-order valence-electron chi connectivity index (χ4n) is 1.50. The molecule has 2 nitrogen and oxygen atoms in total. The first-order valence-corrected chi connectivity index (χ1v) is 4.72. The summed E-state index contributed by atoms with van der Waals surface area (Å²) >= 11 is 0. The molecular weight excluding hydrogens is 181 g/mol. The van der Waals surface area contributed by atoms with Gasteiger partial charge < -0.3 is 10.1 Å². The fourth-order valence-corrected chi connectivity index (χ4v) is 1.50. The molecule has 0 atom stereocenters. The molecule has 0 aromatic heterocycles. The van der Waals surface area contributed by atoms with Crippen LogP contribution in [0.15, 0.2) is 12.1 Å². The predicted molar refractivity (Wildman–Crippen MR) is 55.1 cm³/mol. The number of hydrogen-bond acceptors (Lipinski definition) is 2. The van der Waals surface area contributed by atoms with E-state index in [1.54, 1.807) is 13.2 Å². The van der Waals surface area contributed by atoms with Gasteiger partial charge in [-0.3, -0.25) is 0 Å². The Hall–Kier alpha value is -1.09. The fraction of sp³-hybridized carbons (Fsp3) is 0.455. The number of nitrogens with one attached hydrogen (secondary N) is 1. The van der Waals surface area contributed by atoms with E-state index in [1.807, 2.05) is 20.0 Å². The van der Waals surface area contributed by atoms with Crippen molar-refractivity contribution in [1.29, 1.82) is 0 Å². The first-order chi connectivity index (χ1) is 6.72. The lowest BCUT2D eigenvalue weighted by Gasteiger charge is -2.10. The van der Waals surface area contributed by atoms with Crippen LogP contribution in [0.1, 0.15) is 18.1 Å². The van der Waals surface area contributed by atoms with Gasteiger partial charge in [0.2, 0.25) is 0 Å². The molecule has 78 valence electrons. The van der Waals surface area contributed by atoms with E-state index in [2.05, 4.69) is 5.32 Å². The summed E-state index contributed by atoms with van der Waals surface area (Å²) in [6.45, 7) is 2.57. The van der Waals surface area contributed by atoms with Crippen molar-refractivity contribution in [3.05, 3.63) is 29.1 Å². The van der Waals surface area contributed by atoms with Gasteiger partial charge in [0.15, 0.2) is 0 Å². The van der Waals surface area contributed by atoms with Crippen LogP contribution < -0.4 is 10.1 Å². The highest BCUT2D eigenvalue weighted by atomic mass is 19.1. The first-order valence-electron chi connectivity index (χ1n) is 4.72. The normalized spacial score (nSPS) is 10.3. The molecule has 0 heterocycles. The summed E-state index contributed by atoms with van der Waals surface area (Å²) in [6, 6.07) is 3.43. The molecule has 0 aliphatic heterocycles. The minimum Gasteiger partial charge on any atom is -0.496 e. The Morgan fingerprint density at radius 3 is 2.64 bits per heavy atom. The molecule has 1 rings (SSSR count). The van der Waals surface area contributed by atoms with Crippen LogP contribution in [0.25, 0.3) is 0 Å². The zero-order valence-corrected chi connectivity index (χ0v) is 8.86. The average molecular weight is 197 g/mol. The van der Waals surface area contributed by atoms with Crippen LogP contribution in [0, 0.1) is 5.82 Å². The third-order valence-corrected chi connectivity index (χ3v) is 2.17. The van der Waals surface area contributed by atoms with E-state index in [0.29, 0.717) is 24.3 Å². The van der Waals surface area contributed by atoms with Gasteiger partial charge in [-0.2, -0.15) is 0 Å². The van der Waals surface area contributed by atoms with Crippen LogP contribution in [0.4, 0.5) is 4.39 Å². The number of ether oxygens (including phenoxy) is 1. The van der Waals surface area contributed by atoms with Gasteiger partial charge in [-0.15, -0.1) is 0 Å². The van der Waals surface area contributed by atoms with Gasteiger partial charge in [0.1, 0.15) is 11.6 Å². The molecule has 0 fully saturated rings. The van der Waals surface area contributed by atoms with Crippen molar-refractivity contribution in [1.82, 2.24) is 5.32 Å². The summed E-state index contributed by atoms with van der Waals surface area (Å²) in [6.07, 6.45) is 0.648. The van der Waals surface area contributed by atoms with Crippen LogP contribution in [0.2, 0.25) is 0 Å². The molecule has 0 saturated carbocycles. The van der Waals surface area contributed by atoms with Crippen molar-refractivity contribution in [2.45, 2.75) is 19.9 Å². The second kappa shape index (κ2) is 4.96. The lowest BCUT2D eigenvalue weighted by Crippen LogP contribution is -2.06. The van der Waals surface area contributed by atoms with Crippen LogP contribution in [0.3, 0.4) is 0 Å².